The molecule has 0 saturated heterocycles. The van der Waals surface area contributed by atoms with Gasteiger partial charge in [-0.25, -0.2) is 0 Å². The van der Waals surface area contributed by atoms with E-state index in [4.69, 9.17) is 11.6 Å². The minimum absolute atomic E-state index is 0.296. The van der Waals surface area contributed by atoms with Crippen LogP contribution in [0.25, 0.3) is 0 Å². The van der Waals surface area contributed by atoms with Gasteiger partial charge in [0.15, 0.2) is 0 Å². The van der Waals surface area contributed by atoms with E-state index < -0.39 is 11.8 Å². The molecule has 2 N–H and O–H groups in total. The van der Waals surface area contributed by atoms with Gasteiger partial charge in [-0.3, -0.25) is 20.4 Å². The lowest BCUT2D eigenvalue weighted by molar-refractivity contribution is 0.0846. The topological polar surface area (TPSA) is 58.2 Å². The van der Waals surface area contributed by atoms with Gasteiger partial charge in [-0.1, -0.05) is 45.7 Å². The fourth-order valence-corrected chi connectivity index (χ4v) is 2.23. The number of carbonyl (C=O) groups excluding carboxylic acids is 2. The Morgan fingerprint density at radius 3 is 2.38 bits per heavy atom. The molecule has 0 aliphatic carbocycles. The van der Waals surface area contributed by atoms with Gasteiger partial charge in [-0.2, -0.15) is 0 Å². The molecule has 0 aromatic heterocycles. The van der Waals surface area contributed by atoms with Crippen LogP contribution in [0.3, 0.4) is 0 Å². The molecular formula is C15H12BrClN2O2. The van der Waals surface area contributed by atoms with Crippen molar-refractivity contribution in [3.05, 3.63) is 68.7 Å². The van der Waals surface area contributed by atoms with Gasteiger partial charge in [0.1, 0.15) is 0 Å². The van der Waals surface area contributed by atoms with Gasteiger partial charge in [0, 0.05) is 10.0 Å². The molecule has 6 heteroatoms. The van der Waals surface area contributed by atoms with Crippen molar-refractivity contribution in [2.45, 2.75) is 6.92 Å². The largest absolute Gasteiger partial charge is 0.271 e. The number of nitrogens with one attached hydrogen (secondary N) is 2. The van der Waals surface area contributed by atoms with Gasteiger partial charge in [0.05, 0.1) is 10.6 Å². The Hall–Kier alpha value is -1.85. The summed E-state index contributed by atoms with van der Waals surface area (Å²) in [6.45, 7) is 1.92. The molecule has 108 valence electrons. The highest BCUT2D eigenvalue weighted by molar-refractivity contribution is 9.10. The van der Waals surface area contributed by atoms with Crippen LogP contribution in [0.5, 0.6) is 0 Å². The standard InChI is InChI=1S/C15H12BrClN2O2/c1-9-6-7-10(8-12(9)16)14(20)18-19-15(21)11-4-2-3-5-13(11)17/h2-8H,1H3,(H,18,20)(H,19,21). The van der Waals surface area contributed by atoms with Crippen LogP contribution in [0.2, 0.25) is 5.02 Å². The maximum absolute atomic E-state index is 11.9. The van der Waals surface area contributed by atoms with Crippen molar-refractivity contribution in [1.82, 2.24) is 10.9 Å². The van der Waals surface area contributed by atoms with E-state index in [1.807, 2.05) is 13.0 Å². The Morgan fingerprint density at radius 2 is 1.71 bits per heavy atom. The van der Waals surface area contributed by atoms with Crippen LogP contribution in [0.4, 0.5) is 0 Å². The van der Waals surface area contributed by atoms with E-state index in [9.17, 15) is 9.59 Å². The van der Waals surface area contributed by atoms with Crippen LogP contribution < -0.4 is 10.9 Å². The number of rotatable bonds is 2. The lowest BCUT2D eigenvalue weighted by Crippen LogP contribution is -2.41. The van der Waals surface area contributed by atoms with Gasteiger partial charge < -0.3 is 0 Å². The molecule has 2 aromatic carbocycles. The summed E-state index contributed by atoms with van der Waals surface area (Å²) in [4.78, 5) is 23.9. The second-order valence-electron chi connectivity index (χ2n) is 4.35. The van der Waals surface area contributed by atoms with E-state index in [2.05, 4.69) is 26.8 Å². The number of carbonyl (C=O) groups is 2. The number of hydrazine groups is 1. The molecule has 4 nitrogen and oxygen atoms in total. The molecule has 0 aliphatic rings. The first-order chi connectivity index (χ1) is 9.99. The molecule has 2 aromatic rings. The van der Waals surface area contributed by atoms with Crippen LogP contribution in [0.1, 0.15) is 26.3 Å². The number of hydrogen-bond donors (Lipinski definition) is 2. The molecule has 0 atom stereocenters. The highest BCUT2D eigenvalue weighted by atomic mass is 79.9. The van der Waals surface area contributed by atoms with E-state index in [0.717, 1.165) is 10.0 Å². The maximum atomic E-state index is 11.9. The summed E-state index contributed by atoms with van der Waals surface area (Å²) >= 11 is 9.27. The first kappa shape index (κ1) is 15.5. The monoisotopic (exact) mass is 366 g/mol. The third kappa shape index (κ3) is 3.83. The molecule has 0 fully saturated rings. The zero-order valence-electron chi connectivity index (χ0n) is 11.1. The number of hydrogen-bond acceptors (Lipinski definition) is 2. The zero-order valence-corrected chi connectivity index (χ0v) is 13.5. The maximum Gasteiger partial charge on any atom is 0.271 e. The molecule has 0 radical (unpaired) electrons. The second-order valence-corrected chi connectivity index (χ2v) is 5.61. The SMILES string of the molecule is Cc1ccc(C(=O)NNC(=O)c2ccccc2Cl)cc1Br. The molecule has 0 saturated carbocycles. The normalized spacial score (nSPS) is 10.0. The van der Waals surface area contributed by atoms with Crippen molar-refractivity contribution in [1.29, 1.82) is 0 Å². The summed E-state index contributed by atoms with van der Waals surface area (Å²) in [6, 6.07) is 11.8. The molecule has 0 unspecified atom stereocenters. The zero-order chi connectivity index (χ0) is 15.4. The molecule has 0 spiro atoms. The van der Waals surface area contributed by atoms with Crippen molar-refractivity contribution in [3.63, 3.8) is 0 Å². The quantitative estimate of drug-likeness (QED) is 0.798. The summed E-state index contributed by atoms with van der Waals surface area (Å²) in [6.07, 6.45) is 0. The van der Waals surface area contributed by atoms with Crippen LogP contribution in [-0.4, -0.2) is 11.8 Å². The van der Waals surface area contributed by atoms with E-state index >= 15 is 0 Å². The van der Waals surface area contributed by atoms with Gasteiger partial charge >= 0.3 is 0 Å². The average molecular weight is 368 g/mol. The fraction of sp³-hybridized carbons (Fsp3) is 0.0667. The number of aryl methyl sites for hydroxylation is 1. The lowest BCUT2D eigenvalue weighted by Gasteiger charge is -2.09. The van der Waals surface area contributed by atoms with Crippen molar-refractivity contribution in [2.24, 2.45) is 0 Å². The first-order valence-corrected chi connectivity index (χ1v) is 7.27. The van der Waals surface area contributed by atoms with Crippen LogP contribution in [-0.2, 0) is 0 Å². The third-order valence-electron chi connectivity index (χ3n) is 2.84. The summed E-state index contributed by atoms with van der Waals surface area (Å²) in [5.41, 5.74) is 6.44. The highest BCUT2D eigenvalue weighted by Gasteiger charge is 2.12. The highest BCUT2D eigenvalue weighted by Crippen LogP contribution is 2.17. The third-order valence-corrected chi connectivity index (χ3v) is 4.03. The van der Waals surface area contributed by atoms with E-state index in [1.165, 1.54) is 0 Å². The van der Waals surface area contributed by atoms with Crippen molar-refractivity contribution >= 4 is 39.3 Å². The minimum atomic E-state index is -0.472. The van der Waals surface area contributed by atoms with Crippen molar-refractivity contribution in [2.75, 3.05) is 0 Å². The Bertz CT molecular complexity index is 704. The number of benzene rings is 2. The molecule has 2 rings (SSSR count). The molecule has 0 heterocycles. The number of amides is 2. The number of halogens is 2. The summed E-state index contributed by atoms with van der Waals surface area (Å²) in [5.74, 6) is -0.878. The molecular weight excluding hydrogens is 356 g/mol. The van der Waals surface area contributed by atoms with Gasteiger partial charge in [-0.05, 0) is 36.8 Å². The predicted octanol–water partition coefficient (Wildman–Crippen LogP) is 3.49. The van der Waals surface area contributed by atoms with Gasteiger partial charge in [0.25, 0.3) is 11.8 Å². The van der Waals surface area contributed by atoms with Crippen molar-refractivity contribution < 1.29 is 9.59 Å². The Labute approximate surface area is 135 Å². The van der Waals surface area contributed by atoms with Gasteiger partial charge in [-0.15, -0.1) is 0 Å². The second kappa shape index (κ2) is 6.74. The smallest absolute Gasteiger partial charge is 0.267 e. The molecule has 2 amide bonds. The summed E-state index contributed by atoms with van der Waals surface area (Å²) < 4.78 is 0.826. The Kier molecular flexibility index (Phi) is 4.98. The molecule has 0 aliphatic heterocycles. The van der Waals surface area contributed by atoms with Crippen molar-refractivity contribution in [3.8, 4) is 0 Å². The van der Waals surface area contributed by atoms with E-state index in [1.54, 1.807) is 36.4 Å². The van der Waals surface area contributed by atoms with Crippen LogP contribution in [0, 0.1) is 6.92 Å². The van der Waals surface area contributed by atoms with E-state index in [0.29, 0.717) is 16.1 Å². The summed E-state index contributed by atoms with van der Waals surface area (Å²) in [7, 11) is 0. The first-order valence-electron chi connectivity index (χ1n) is 6.10. The molecule has 21 heavy (non-hydrogen) atoms. The predicted molar refractivity (Wildman–Crippen MR) is 85.3 cm³/mol. The van der Waals surface area contributed by atoms with Crippen LogP contribution in [0.15, 0.2) is 46.9 Å². The average Bonchev–Trinajstić information content (AvgIpc) is 2.47. The fourth-order valence-electron chi connectivity index (χ4n) is 1.63. The Balaban J connectivity index is 2.02. The van der Waals surface area contributed by atoms with E-state index in [-0.39, 0.29) is 0 Å². The molecule has 0 bridgehead atoms. The van der Waals surface area contributed by atoms with Gasteiger partial charge in [0.2, 0.25) is 0 Å². The Morgan fingerprint density at radius 1 is 1.05 bits per heavy atom. The van der Waals surface area contributed by atoms with Crippen LogP contribution >= 0.6 is 27.5 Å². The minimum Gasteiger partial charge on any atom is -0.267 e. The lowest BCUT2D eigenvalue weighted by atomic mass is 10.1. The summed E-state index contributed by atoms with van der Waals surface area (Å²) in [5, 5.41) is 0.322.